The van der Waals surface area contributed by atoms with Gasteiger partial charge in [-0.05, 0) is 33.6 Å². The molecule has 0 radical (unpaired) electrons. The summed E-state index contributed by atoms with van der Waals surface area (Å²) in [5, 5.41) is 0. The summed E-state index contributed by atoms with van der Waals surface area (Å²) in [6.07, 6.45) is 0. The summed E-state index contributed by atoms with van der Waals surface area (Å²) >= 11 is 9.73. The van der Waals surface area contributed by atoms with Crippen LogP contribution in [0.2, 0.25) is 0 Å². The van der Waals surface area contributed by atoms with Crippen molar-refractivity contribution >= 4 is 84.6 Å². The van der Waals surface area contributed by atoms with Crippen molar-refractivity contribution in [2.24, 2.45) is 0 Å². The van der Waals surface area contributed by atoms with Crippen molar-refractivity contribution < 1.29 is 99.1 Å². The van der Waals surface area contributed by atoms with Gasteiger partial charge in [-0.2, -0.15) is 0 Å². The molecular formula is Na2O9S6Sn. The fourth-order valence-electron chi connectivity index (χ4n) is 0. The van der Waals surface area contributed by atoms with Gasteiger partial charge in [-0.15, -0.1) is 27.2 Å². The minimum Gasteiger partial charge on any atom is -0.780 e. The van der Waals surface area contributed by atoms with Crippen LogP contribution in [0.1, 0.15) is 0 Å². The summed E-state index contributed by atoms with van der Waals surface area (Å²) in [6, 6.07) is 0. The van der Waals surface area contributed by atoms with Crippen molar-refractivity contribution in [2.45, 2.75) is 0 Å². The quantitative estimate of drug-likeness (QED) is 0.286. The van der Waals surface area contributed by atoms with Crippen LogP contribution in [0.25, 0.3) is 0 Å². The summed E-state index contributed by atoms with van der Waals surface area (Å²) < 4.78 is 80.0. The van der Waals surface area contributed by atoms with Gasteiger partial charge < -0.3 is 27.3 Å². The summed E-state index contributed by atoms with van der Waals surface area (Å²) in [6.45, 7) is 0. The van der Waals surface area contributed by atoms with Crippen molar-refractivity contribution in [1.29, 1.82) is 0 Å². The fraction of sp³-hybridized carbons (Fsp3) is 0. The van der Waals surface area contributed by atoms with Gasteiger partial charge in [0.25, 0.3) is 0 Å². The average molecular weight is 501 g/mol. The van der Waals surface area contributed by atoms with Crippen LogP contribution in [0.3, 0.4) is 0 Å². The molecule has 9 nitrogen and oxygen atoms in total. The normalized spacial score (nSPS) is 9.67. The SMILES string of the molecule is O=S([O-])([O-])=S.O=S([O-])([O-])=S.O=S([O-])([O-])=S.[Na+].[Na+].[Sn+4]. The van der Waals surface area contributed by atoms with Gasteiger partial charge in [-0.1, -0.05) is 0 Å². The molecule has 0 aromatic rings. The molecule has 0 heterocycles. The zero-order valence-electron chi connectivity index (χ0n) is 8.62. The Bertz CT molecular complexity index is 350. The molecule has 0 saturated carbocycles. The zero-order chi connectivity index (χ0) is 13.5. The Balaban J connectivity index is -0.0000000277. The Kier molecular flexibility index (Phi) is 35.7. The van der Waals surface area contributed by atoms with E-state index >= 15 is 0 Å². The van der Waals surface area contributed by atoms with E-state index in [4.69, 9.17) is 39.9 Å². The molecule has 0 N–H and O–H groups in total. The molecule has 18 heavy (non-hydrogen) atoms. The summed E-state index contributed by atoms with van der Waals surface area (Å²) in [4.78, 5) is 0. The van der Waals surface area contributed by atoms with E-state index in [0.717, 1.165) is 0 Å². The molecule has 0 spiro atoms. The van der Waals surface area contributed by atoms with E-state index in [1.54, 1.807) is 0 Å². The van der Waals surface area contributed by atoms with E-state index in [1.807, 2.05) is 0 Å². The van der Waals surface area contributed by atoms with Gasteiger partial charge in [0.1, 0.15) is 0 Å². The Morgan fingerprint density at radius 1 is 0.556 bits per heavy atom. The van der Waals surface area contributed by atoms with Gasteiger partial charge in [0, 0.05) is 0 Å². The molecule has 0 aromatic heterocycles. The second kappa shape index (κ2) is 17.0. The average Bonchev–Trinajstić information content (AvgIpc) is 1.41. The first-order valence-electron chi connectivity index (χ1n) is 2.00. The number of rotatable bonds is 0. The van der Waals surface area contributed by atoms with Crippen LogP contribution in [-0.4, -0.2) is 63.9 Å². The van der Waals surface area contributed by atoms with Crippen LogP contribution in [-0.2, 0) is 60.7 Å². The largest absolute Gasteiger partial charge is 4.00 e. The molecule has 0 aliphatic carbocycles. The van der Waals surface area contributed by atoms with Gasteiger partial charge in [-0.3, -0.25) is 12.6 Å². The molecule has 0 unspecified atom stereocenters. The Morgan fingerprint density at radius 3 is 0.556 bits per heavy atom. The van der Waals surface area contributed by atoms with Crippen LogP contribution in [0.5, 0.6) is 0 Å². The van der Waals surface area contributed by atoms with Gasteiger partial charge >= 0.3 is 83.0 Å². The number of hydrogen-bond acceptors (Lipinski definition) is 12. The van der Waals surface area contributed by atoms with Crippen LogP contribution in [0.4, 0.5) is 0 Å². The predicted octanol–water partition coefficient (Wildman–Crippen LogP) is -9.39. The first-order chi connectivity index (χ1) is 6.00. The molecule has 96 valence electrons. The van der Waals surface area contributed by atoms with E-state index in [9.17, 15) is 0 Å². The molecule has 0 fully saturated rings. The van der Waals surface area contributed by atoms with Crippen molar-refractivity contribution in [2.75, 3.05) is 0 Å². The predicted molar refractivity (Wildman–Crippen MR) is 56.9 cm³/mol. The van der Waals surface area contributed by atoms with Crippen LogP contribution < -0.4 is 59.1 Å². The summed E-state index contributed by atoms with van der Waals surface area (Å²) in [7, 11) is -13.0. The van der Waals surface area contributed by atoms with E-state index in [1.165, 1.54) is 0 Å². The molecule has 0 bridgehead atoms. The standard InChI is InChI=1S/2Na.3H2O3S2.Sn/c;;3*1-5(2,3)4;/h;;3*(H2,1,2,3,4);/q2*+1;;;;+4/p-6. The van der Waals surface area contributed by atoms with Crippen molar-refractivity contribution in [3.05, 3.63) is 0 Å². The van der Waals surface area contributed by atoms with Gasteiger partial charge in [0.2, 0.25) is 0 Å². The molecule has 0 aliphatic rings. The third-order valence-corrected chi connectivity index (χ3v) is 0. The first kappa shape index (κ1) is 37.7. The Morgan fingerprint density at radius 2 is 0.556 bits per heavy atom. The van der Waals surface area contributed by atoms with Crippen LogP contribution >= 0.6 is 0 Å². The maximum absolute atomic E-state index is 8.89. The van der Waals surface area contributed by atoms with Crippen LogP contribution in [0, 0.1) is 0 Å². The van der Waals surface area contributed by atoms with Crippen molar-refractivity contribution in [3.8, 4) is 0 Å². The first-order valence-corrected chi connectivity index (χ1v) is 9.00. The topological polar surface area (TPSA) is 190 Å². The molecule has 0 aromatic carbocycles. The summed E-state index contributed by atoms with van der Waals surface area (Å²) in [5.74, 6) is 0. The molecular weight excluding hydrogens is 501 g/mol. The fourth-order valence-corrected chi connectivity index (χ4v) is 0. The number of hydrogen-bond donors (Lipinski definition) is 0. The van der Waals surface area contributed by atoms with Crippen molar-refractivity contribution in [3.63, 3.8) is 0 Å². The summed E-state index contributed by atoms with van der Waals surface area (Å²) in [5.41, 5.74) is 0. The maximum Gasteiger partial charge on any atom is 4.00 e. The maximum atomic E-state index is 8.89. The van der Waals surface area contributed by atoms with Gasteiger partial charge in [0.05, 0.1) is 0 Å². The molecule has 0 amide bonds. The smallest absolute Gasteiger partial charge is 0.780 e. The minimum atomic E-state index is -4.33. The molecule has 18 heteroatoms. The Labute approximate surface area is 180 Å². The molecule has 0 atom stereocenters. The van der Waals surface area contributed by atoms with Gasteiger partial charge in [-0.25, -0.2) is 0 Å². The van der Waals surface area contributed by atoms with E-state index < -0.39 is 27.2 Å². The van der Waals surface area contributed by atoms with E-state index in [0.29, 0.717) is 0 Å². The van der Waals surface area contributed by atoms with E-state index in [-0.39, 0.29) is 83.0 Å². The Hall–Kier alpha value is 3.67. The molecule has 0 saturated heterocycles. The van der Waals surface area contributed by atoms with E-state index in [2.05, 4.69) is 33.6 Å². The third-order valence-electron chi connectivity index (χ3n) is 0. The minimum absolute atomic E-state index is 0. The zero-order valence-corrected chi connectivity index (χ0v) is 20.4. The second-order valence-electron chi connectivity index (χ2n) is 1.22. The van der Waals surface area contributed by atoms with Crippen molar-refractivity contribution in [1.82, 2.24) is 0 Å². The second-order valence-corrected chi connectivity index (χ2v) is 7.35. The monoisotopic (exact) mass is 502 g/mol. The van der Waals surface area contributed by atoms with Crippen LogP contribution in [0.15, 0.2) is 0 Å². The third kappa shape index (κ3) is 509. The molecule has 0 rings (SSSR count). The van der Waals surface area contributed by atoms with Gasteiger partial charge in [0.15, 0.2) is 0 Å². The molecule has 0 aliphatic heterocycles.